The fraction of sp³-hybridized carbons (Fsp3) is 0.579. The number of halogens is 1. The lowest BCUT2D eigenvalue weighted by Gasteiger charge is -2.40. The molecule has 6 rings (SSSR count). The van der Waals surface area contributed by atoms with Gasteiger partial charge in [0.2, 0.25) is 0 Å². The number of hydrogen-bond acceptors (Lipinski definition) is 14. The van der Waals surface area contributed by atoms with E-state index < -0.39 is 40.4 Å². The van der Waals surface area contributed by atoms with Gasteiger partial charge in [0.05, 0.1) is 24.0 Å². The van der Waals surface area contributed by atoms with Crippen LogP contribution >= 0.6 is 11.6 Å². The second-order valence-corrected chi connectivity index (χ2v) is 15.8. The number of fused-ring (bicyclic) bond motifs is 2. The molecule has 18 nitrogen and oxygen atoms in total. The van der Waals surface area contributed by atoms with Gasteiger partial charge in [0.1, 0.15) is 57.2 Å². The molecule has 2 aliphatic rings. The fourth-order valence-electron chi connectivity index (χ4n) is 6.20. The van der Waals surface area contributed by atoms with Crippen molar-refractivity contribution >= 4 is 63.6 Å². The smallest absolute Gasteiger partial charge is 0.408 e. The van der Waals surface area contributed by atoms with E-state index in [1.165, 1.54) is 12.7 Å². The molecule has 0 bridgehead atoms. The van der Waals surface area contributed by atoms with E-state index in [1.807, 2.05) is 18.3 Å². The Morgan fingerprint density at radius 1 is 0.719 bits per heavy atom. The number of esters is 2. The molecule has 6 heterocycles. The lowest BCUT2D eigenvalue weighted by molar-refractivity contribution is -0.153. The van der Waals surface area contributed by atoms with Crippen LogP contribution in [0.15, 0.2) is 37.2 Å². The zero-order chi connectivity index (χ0) is 41.9. The Bertz CT molecular complexity index is 1960. The molecule has 0 saturated carbocycles. The summed E-state index contributed by atoms with van der Waals surface area (Å²) >= 11 is 5.73. The summed E-state index contributed by atoms with van der Waals surface area (Å²) in [5.74, 6) is -0.0154. The van der Waals surface area contributed by atoms with Crippen LogP contribution < -0.4 is 20.9 Å². The minimum absolute atomic E-state index is 0.246. The van der Waals surface area contributed by atoms with Crippen molar-refractivity contribution in [3.63, 3.8) is 0 Å². The van der Waals surface area contributed by atoms with Crippen molar-refractivity contribution in [2.24, 2.45) is 0 Å². The molecular formula is C38H55ClN10O8. The van der Waals surface area contributed by atoms with Crippen LogP contribution in [0.3, 0.4) is 0 Å². The third-order valence-corrected chi connectivity index (χ3v) is 9.13. The normalized spacial score (nSPS) is 16.2. The maximum Gasteiger partial charge on any atom is 0.408 e. The van der Waals surface area contributed by atoms with Gasteiger partial charge in [-0.1, -0.05) is 11.6 Å². The molecule has 0 radical (unpaired) electrons. The summed E-state index contributed by atoms with van der Waals surface area (Å²) in [5.41, 5.74) is -1.78. The highest BCUT2D eigenvalue weighted by Gasteiger charge is 2.46. The van der Waals surface area contributed by atoms with E-state index in [-0.39, 0.29) is 12.6 Å². The van der Waals surface area contributed by atoms with E-state index in [4.69, 9.17) is 30.5 Å². The predicted octanol–water partition coefficient (Wildman–Crippen LogP) is 5.19. The molecular weight excluding hydrogens is 760 g/mol. The Labute approximate surface area is 336 Å². The van der Waals surface area contributed by atoms with Crippen LogP contribution in [-0.2, 0) is 28.5 Å². The van der Waals surface area contributed by atoms with Crippen LogP contribution in [0.25, 0.3) is 22.1 Å². The third kappa shape index (κ3) is 12.4. The first kappa shape index (κ1) is 44.5. The van der Waals surface area contributed by atoms with Crippen molar-refractivity contribution in [2.75, 3.05) is 44.3 Å². The van der Waals surface area contributed by atoms with Crippen molar-refractivity contribution in [3.05, 3.63) is 42.3 Å². The standard InChI is InChI=1S/C19H27N5O4.C13H24N2O4.C6H4ClN3/c1-5-27-16(25)19(23-17(26)28-18(2,3)4)7-10-24(11-8-19)15-13-6-9-20-14(13)21-12-22-15;1-5-18-10(16)13(6-8-14-9-7-13)15-11(17)19-12(2,3)4;7-5-4-1-2-8-6(4)10-3-9-5/h6,9,12H,5,7-8,10-11H2,1-4H3,(H,23,26)(H,20,21,22);14H,5-9H2,1-4H3,(H,15,17);1-3H,(H,8,9,10). The van der Waals surface area contributed by atoms with Crippen molar-refractivity contribution in [3.8, 4) is 0 Å². The number of H-pyrrole nitrogens is 2. The third-order valence-electron chi connectivity index (χ3n) is 8.82. The molecule has 4 aromatic rings. The van der Waals surface area contributed by atoms with Crippen LogP contribution in [0.2, 0.25) is 5.15 Å². The summed E-state index contributed by atoms with van der Waals surface area (Å²) in [6.07, 6.45) is 7.14. The minimum Gasteiger partial charge on any atom is -0.464 e. The van der Waals surface area contributed by atoms with Gasteiger partial charge in [0.25, 0.3) is 0 Å². The summed E-state index contributed by atoms with van der Waals surface area (Å²) in [6, 6.07) is 3.77. The quantitative estimate of drug-likeness (QED) is 0.0919. The molecule has 5 N–H and O–H groups in total. The first-order valence-corrected chi connectivity index (χ1v) is 19.3. The summed E-state index contributed by atoms with van der Waals surface area (Å²) in [6.45, 7) is 17.1. The number of alkyl carbamates (subject to hydrolysis) is 2. The average Bonchev–Trinajstić information content (AvgIpc) is 3.83. The molecule has 57 heavy (non-hydrogen) atoms. The Kier molecular flexibility index (Phi) is 15.0. The molecule has 0 atom stereocenters. The van der Waals surface area contributed by atoms with Crippen molar-refractivity contribution in [1.29, 1.82) is 0 Å². The number of carbonyl (C=O) groups is 4. The van der Waals surface area contributed by atoms with Gasteiger partial charge in [-0.25, -0.2) is 39.1 Å². The number of ether oxygens (including phenoxy) is 4. The molecule has 19 heteroatoms. The van der Waals surface area contributed by atoms with E-state index in [9.17, 15) is 19.2 Å². The number of nitrogens with zero attached hydrogens (tertiary/aromatic N) is 5. The van der Waals surface area contributed by atoms with E-state index in [0.29, 0.717) is 63.6 Å². The highest BCUT2D eigenvalue weighted by Crippen LogP contribution is 2.30. The number of aromatic amines is 2. The van der Waals surface area contributed by atoms with Gasteiger partial charge in [-0.3, -0.25) is 0 Å². The van der Waals surface area contributed by atoms with Crippen LogP contribution in [0, 0.1) is 0 Å². The Morgan fingerprint density at radius 2 is 1.18 bits per heavy atom. The van der Waals surface area contributed by atoms with E-state index in [1.54, 1.807) is 61.6 Å². The topological polar surface area (TPSA) is 228 Å². The van der Waals surface area contributed by atoms with E-state index in [2.05, 4.69) is 50.8 Å². The summed E-state index contributed by atoms with van der Waals surface area (Å²) < 4.78 is 20.9. The number of nitrogens with one attached hydrogen (secondary N) is 5. The first-order chi connectivity index (χ1) is 26.9. The van der Waals surface area contributed by atoms with E-state index >= 15 is 0 Å². The molecule has 4 aromatic heterocycles. The monoisotopic (exact) mass is 814 g/mol. The largest absolute Gasteiger partial charge is 0.464 e. The van der Waals surface area contributed by atoms with Crippen LogP contribution in [0.4, 0.5) is 15.4 Å². The molecule has 312 valence electrons. The molecule has 2 aliphatic heterocycles. The zero-order valence-corrected chi connectivity index (χ0v) is 34.7. The maximum atomic E-state index is 12.7. The number of carbonyl (C=O) groups excluding carboxylic acids is 4. The molecule has 2 saturated heterocycles. The van der Waals surface area contributed by atoms with Crippen molar-refractivity contribution in [1.82, 2.24) is 45.9 Å². The van der Waals surface area contributed by atoms with Crippen molar-refractivity contribution in [2.45, 2.75) is 103 Å². The number of aromatic nitrogens is 6. The lowest BCUT2D eigenvalue weighted by atomic mass is 9.87. The number of amides is 2. The Balaban J connectivity index is 0.000000212. The summed E-state index contributed by atoms with van der Waals surface area (Å²) in [7, 11) is 0. The number of rotatable bonds is 7. The zero-order valence-electron chi connectivity index (χ0n) is 33.9. The Morgan fingerprint density at radius 3 is 1.65 bits per heavy atom. The second kappa shape index (κ2) is 19.3. The van der Waals surface area contributed by atoms with Gasteiger partial charge in [0.15, 0.2) is 0 Å². The first-order valence-electron chi connectivity index (χ1n) is 18.9. The molecule has 2 amide bonds. The second-order valence-electron chi connectivity index (χ2n) is 15.4. The highest BCUT2D eigenvalue weighted by molar-refractivity contribution is 6.33. The fourth-order valence-corrected chi connectivity index (χ4v) is 6.40. The van der Waals surface area contributed by atoms with Gasteiger partial charge in [-0.2, -0.15) is 0 Å². The van der Waals surface area contributed by atoms with Crippen LogP contribution in [0.5, 0.6) is 0 Å². The average molecular weight is 815 g/mol. The Hall–Kier alpha value is -5.23. The van der Waals surface area contributed by atoms with Gasteiger partial charge in [-0.15, -0.1) is 0 Å². The minimum atomic E-state index is -1.11. The number of hydrogen-bond donors (Lipinski definition) is 5. The van der Waals surface area contributed by atoms with Gasteiger partial charge >= 0.3 is 24.1 Å². The molecule has 2 fully saturated rings. The summed E-state index contributed by atoms with van der Waals surface area (Å²) in [5, 5.41) is 10.9. The highest BCUT2D eigenvalue weighted by atomic mass is 35.5. The van der Waals surface area contributed by atoms with Gasteiger partial charge < -0.3 is 49.8 Å². The predicted molar refractivity (Wildman–Crippen MR) is 214 cm³/mol. The van der Waals surface area contributed by atoms with E-state index in [0.717, 1.165) is 27.9 Å². The number of piperidine rings is 2. The molecule has 0 unspecified atom stereocenters. The molecule has 0 aromatic carbocycles. The summed E-state index contributed by atoms with van der Waals surface area (Å²) in [4.78, 5) is 73.5. The van der Waals surface area contributed by atoms with Crippen LogP contribution in [0.1, 0.15) is 81.1 Å². The maximum absolute atomic E-state index is 12.7. The lowest BCUT2D eigenvalue weighted by Crippen LogP contribution is -2.61. The van der Waals surface area contributed by atoms with Gasteiger partial charge in [0, 0.05) is 25.5 Å². The number of anilines is 1. The molecule has 0 spiro atoms. The van der Waals surface area contributed by atoms with Gasteiger partial charge in [-0.05, 0) is 106 Å². The van der Waals surface area contributed by atoms with Crippen molar-refractivity contribution < 1.29 is 38.1 Å². The van der Waals surface area contributed by atoms with Crippen LogP contribution in [-0.4, -0.2) is 116 Å². The molecule has 0 aliphatic carbocycles. The SMILES string of the molecule is CCOC(=O)C1(NC(=O)OC(C)(C)C)CCN(c2ncnc3[nH]ccc23)CC1.CCOC(=O)C1(NC(=O)OC(C)(C)C)CCNCC1.Clc1ncnc2[nH]ccc12.